The quantitative estimate of drug-likeness (QED) is 0.603. The second-order valence-electron chi connectivity index (χ2n) is 5.36. The van der Waals surface area contributed by atoms with E-state index in [1.54, 1.807) is 12.1 Å². The lowest BCUT2D eigenvalue weighted by molar-refractivity contribution is -0.147. The van der Waals surface area contributed by atoms with Crippen molar-refractivity contribution < 1.29 is 14.3 Å². The monoisotopic (exact) mass is 296 g/mol. The van der Waals surface area contributed by atoms with Gasteiger partial charge in [-0.05, 0) is 5.56 Å². The second kappa shape index (κ2) is 7.55. The van der Waals surface area contributed by atoms with Gasteiger partial charge in [0.15, 0.2) is 5.78 Å². The zero-order valence-electron chi connectivity index (χ0n) is 12.9. The molecule has 22 heavy (non-hydrogen) atoms. The Morgan fingerprint density at radius 3 is 2.05 bits per heavy atom. The molecule has 0 radical (unpaired) electrons. The van der Waals surface area contributed by atoms with Gasteiger partial charge < -0.3 is 4.74 Å². The van der Waals surface area contributed by atoms with Crippen molar-refractivity contribution in [2.24, 2.45) is 5.92 Å². The van der Waals surface area contributed by atoms with Gasteiger partial charge in [-0.25, -0.2) is 0 Å². The number of Topliss-reactive ketones (excluding diaryl/α,β-unsaturated/α-hetero) is 1. The van der Waals surface area contributed by atoms with E-state index in [0.29, 0.717) is 12.0 Å². The lowest BCUT2D eigenvalue weighted by Crippen LogP contribution is -2.32. The largest absolute Gasteiger partial charge is 0.461 e. The molecule has 0 aliphatic carbocycles. The van der Waals surface area contributed by atoms with Gasteiger partial charge in [0.1, 0.15) is 6.10 Å². The van der Waals surface area contributed by atoms with E-state index in [2.05, 4.69) is 0 Å². The number of ether oxygens (including phenoxy) is 1. The first-order valence-corrected chi connectivity index (χ1v) is 7.38. The van der Waals surface area contributed by atoms with Crippen LogP contribution in [0, 0.1) is 5.92 Å². The average Bonchev–Trinajstić information content (AvgIpc) is 2.54. The third-order valence-electron chi connectivity index (χ3n) is 3.63. The first kappa shape index (κ1) is 16.0. The zero-order chi connectivity index (χ0) is 15.9. The molecule has 2 aromatic rings. The van der Waals surface area contributed by atoms with Gasteiger partial charge in [0.2, 0.25) is 0 Å². The lowest BCUT2D eigenvalue weighted by atomic mass is 9.90. The molecular weight excluding hydrogens is 276 g/mol. The smallest absolute Gasteiger partial charge is 0.302 e. The van der Waals surface area contributed by atoms with Crippen molar-refractivity contribution in [1.82, 2.24) is 0 Å². The molecule has 0 aliphatic rings. The normalized spacial score (nSPS) is 13.2. The van der Waals surface area contributed by atoms with Gasteiger partial charge in [0.05, 0.1) is 5.92 Å². The molecule has 2 aromatic carbocycles. The summed E-state index contributed by atoms with van der Waals surface area (Å²) in [7, 11) is 0. The molecule has 0 heterocycles. The lowest BCUT2D eigenvalue weighted by Gasteiger charge is -2.23. The van der Waals surface area contributed by atoms with Gasteiger partial charge in [-0.15, -0.1) is 0 Å². The molecule has 2 rings (SSSR count). The van der Waals surface area contributed by atoms with Crippen LogP contribution >= 0.6 is 0 Å². The zero-order valence-corrected chi connectivity index (χ0v) is 12.9. The second-order valence-corrected chi connectivity index (χ2v) is 5.36. The number of carbonyl (C=O) groups is 2. The van der Waals surface area contributed by atoms with Crippen LogP contribution < -0.4 is 0 Å². The fraction of sp³-hybridized carbons (Fsp3) is 0.263. The molecular formula is C19H20O3. The minimum Gasteiger partial charge on any atom is -0.461 e. The van der Waals surface area contributed by atoms with E-state index in [0.717, 1.165) is 5.56 Å². The number of ketones is 1. The van der Waals surface area contributed by atoms with Crippen LogP contribution in [0.1, 0.15) is 29.8 Å². The molecule has 3 nitrogen and oxygen atoms in total. The van der Waals surface area contributed by atoms with E-state index in [9.17, 15) is 9.59 Å². The Bertz CT molecular complexity index is 620. The fourth-order valence-corrected chi connectivity index (χ4v) is 2.41. The summed E-state index contributed by atoms with van der Waals surface area (Å²) in [5.41, 5.74) is 1.68. The number of esters is 1. The van der Waals surface area contributed by atoms with Crippen LogP contribution in [0.2, 0.25) is 0 Å². The molecule has 0 amide bonds. The van der Waals surface area contributed by atoms with Gasteiger partial charge in [-0.3, -0.25) is 9.59 Å². The van der Waals surface area contributed by atoms with Crippen LogP contribution in [0.4, 0.5) is 0 Å². The summed E-state index contributed by atoms with van der Waals surface area (Å²) in [5, 5.41) is 0. The van der Waals surface area contributed by atoms with Crippen LogP contribution in [0.3, 0.4) is 0 Å². The predicted octanol–water partition coefficient (Wildman–Crippen LogP) is 3.68. The summed E-state index contributed by atoms with van der Waals surface area (Å²) < 4.78 is 5.40. The Morgan fingerprint density at radius 2 is 1.50 bits per heavy atom. The number of hydrogen-bond donors (Lipinski definition) is 0. The van der Waals surface area contributed by atoms with E-state index in [1.165, 1.54) is 6.92 Å². The minimum absolute atomic E-state index is 0.0113. The molecule has 0 spiro atoms. The van der Waals surface area contributed by atoms with Crippen LogP contribution in [-0.4, -0.2) is 17.9 Å². The van der Waals surface area contributed by atoms with Crippen molar-refractivity contribution in [2.75, 3.05) is 0 Å². The Balaban J connectivity index is 2.17. The minimum atomic E-state index is -0.465. The molecule has 3 heteroatoms. The maximum atomic E-state index is 12.6. The highest BCUT2D eigenvalue weighted by molar-refractivity contribution is 5.98. The topological polar surface area (TPSA) is 43.4 Å². The van der Waals surface area contributed by atoms with Gasteiger partial charge in [-0.2, -0.15) is 0 Å². The highest BCUT2D eigenvalue weighted by Gasteiger charge is 2.27. The number of rotatable bonds is 6. The standard InChI is InChI=1S/C19H20O3/c1-14(19(21)17-11-7-4-8-12-17)18(22-15(2)20)13-16-9-5-3-6-10-16/h3-12,14,18H,13H2,1-2H3/t14-,18+/m0/s1. The SMILES string of the molecule is CC(=O)O[C@H](Cc1ccccc1)[C@H](C)C(=O)c1ccccc1. The van der Waals surface area contributed by atoms with Gasteiger partial charge >= 0.3 is 5.97 Å². The Kier molecular flexibility index (Phi) is 5.48. The average molecular weight is 296 g/mol. The van der Waals surface area contributed by atoms with E-state index in [1.807, 2.05) is 55.5 Å². The van der Waals surface area contributed by atoms with Crippen LogP contribution in [0.15, 0.2) is 60.7 Å². The van der Waals surface area contributed by atoms with E-state index < -0.39 is 12.0 Å². The van der Waals surface area contributed by atoms with Gasteiger partial charge in [-0.1, -0.05) is 67.6 Å². The number of hydrogen-bond acceptors (Lipinski definition) is 3. The van der Waals surface area contributed by atoms with Crippen molar-refractivity contribution in [3.8, 4) is 0 Å². The first-order valence-electron chi connectivity index (χ1n) is 7.38. The molecule has 0 aromatic heterocycles. The number of carbonyl (C=O) groups excluding carboxylic acids is 2. The number of benzene rings is 2. The van der Waals surface area contributed by atoms with E-state index in [4.69, 9.17) is 4.74 Å². The van der Waals surface area contributed by atoms with E-state index >= 15 is 0 Å². The van der Waals surface area contributed by atoms with Crippen molar-refractivity contribution in [3.05, 3.63) is 71.8 Å². The van der Waals surface area contributed by atoms with Crippen molar-refractivity contribution in [1.29, 1.82) is 0 Å². The summed E-state index contributed by atoms with van der Waals surface area (Å²) in [6.45, 7) is 3.18. The molecule has 114 valence electrons. The summed E-state index contributed by atoms with van der Waals surface area (Å²) in [6.07, 6.45) is 0.0628. The maximum Gasteiger partial charge on any atom is 0.302 e. The Hall–Kier alpha value is -2.42. The van der Waals surface area contributed by atoms with E-state index in [-0.39, 0.29) is 11.8 Å². The Morgan fingerprint density at radius 1 is 0.955 bits per heavy atom. The van der Waals surface area contributed by atoms with Gasteiger partial charge in [0, 0.05) is 18.9 Å². The van der Waals surface area contributed by atoms with Gasteiger partial charge in [0.25, 0.3) is 0 Å². The summed E-state index contributed by atoms with van der Waals surface area (Å²) in [6, 6.07) is 18.8. The predicted molar refractivity (Wildman–Crippen MR) is 85.6 cm³/mol. The maximum absolute atomic E-state index is 12.6. The third-order valence-corrected chi connectivity index (χ3v) is 3.63. The molecule has 0 saturated heterocycles. The molecule has 0 bridgehead atoms. The first-order chi connectivity index (χ1) is 10.6. The van der Waals surface area contributed by atoms with Crippen LogP contribution in [0.25, 0.3) is 0 Å². The Labute approximate surface area is 130 Å². The van der Waals surface area contributed by atoms with Crippen LogP contribution in [0.5, 0.6) is 0 Å². The summed E-state index contributed by atoms with van der Waals surface area (Å²) >= 11 is 0. The molecule has 0 aliphatic heterocycles. The highest BCUT2D eigenvalue weighted by atomic mass is 16.5. The fourth-order valence-electron chi connectivity index (χ4n) is 2.41. The third kappa shape index (κ3) is 4.29. The molecule has 0 N–H and O–H groups in total. The van der Waals surface area contributed by atoms with Crippen molar-refractivity contribution in [2.45, 2.75) is 26.4 Å². The molecule has 0 unspecified atom stereocenters. The molecule has 0 fully saturated rings. The molecule has 0 saturated carbocycles. The van der Waals surface area contributed by atoms with Crippen molar-refractivity contribution in [3.63, 3.8) is 0 Å². The van der Waals surface area contributed by atoms with Crippen molar-refractivity contribution >= 4 is 11.8 Å². The van der Waals surface area contributed by atoms with Crippen LogP contribution in [-0.2, 0) is 16.0 Å². The molecule has 2 atom stereocenters. The summed E-state index contributed by atoms with van der Waals surface area (Å²) in [4.78, 5) is 23.9. The highest BCUT2D eigenvalue weighted by Crippen LogP contribution is 2.19. The summed E-state index contributed by atoms with van der Waals surface area (Å²) in [5.74, 6) is -0.775.